The molecule has 0 spiro atoms. The zero-order valence-electron chi connectivity index (χ0n) is 7.75. The smallest absolute Gasteiger partial charge is 0.101 e. The summed E-state index contributed by atoms with van der Waals surface area (Å²) in [5.41, 5.74) is 3.04. The fraction of sp³-hybridized carbons (Fsp3) is 0.455. The molecule has 1 aromatic rings. The summed E-state index contributed by atoms with van der Waals surface area (Å²) in [4.78, 5) is 4.30. The van der Waals surface area contributed by atoms with E-state index >= 15 is 0 Å². The van der Waals surface area contributed by atoms with Gasteiger partial charge in [0, 0.05) is 17.8 Å². The van der Waals surface area contributed by atoms with Gasteiger partial charge in [-0.3, -0.25) is 4.98 Å². The molecule has 1 saturated carbocycles. The van der Waals surface area contributed by atoms with Gasteiger partial charge in [0.25, 0.3) is 0 Å². The largest absolute Gasteiger partial charge is 0.260 e. The van der Waals surface area contributed by atoms with Gasteiger partial charge in [-0.2, -0.15) is 5.26 Å². The number of hydrogen-bond donors (Lipinski definition) is 0. The van der Waals surface area contributed by atoms with Crippen LogP contribution in [0.25, 0.3) is 0 Å². The van der Waals surface area contributed by atoms with E-state index < -0.39 is 0 Å². The standard InChI is InChI=1S/C11H12N2/c1-2-8-5-11(9-3-4-9)13-7-10(8)6-12/h5,7,9H,2-4H2,1H3. The van der Waals surface area contributed by atoms with Gasteiger partial charge in [0.1, 0.15) is 6.07 Å². The van der Waals surface area contributed by atoms with Crippen LogP contribution in [-0.2, 0) is 6.42 Å². The Hall–Kier alpha value is -1.36. The summed E-state index contributed by atoms with van der Waals surface area (Å²) in [6.45, 7) is 2.08. The quantitative estimate of drug-likeness (QED) is 0.686. The van der Waals surface area contributed by atoms with Gasteiger partial charge in [-0.15, -0.1) is 0 Å². The Morgan fingerprint density at radius 2 is 2.38 bits per heavy atom. The molecule has 13 heavy (non-hydrogen) atoms. The Morgan fingerprint density at radius 3 is 2.92 bits per heavy atom. The van der Waals surface area contributed by atoms with Crippen molar-refractivity contribution in [2.75, 3.05) is 0 Å². The van der Waals surface area contributed by atoms with E-state index in [1.54, 1.807) is 6.20 Å². The van der Waals surface area contributed by atoms with Crippen LogP contribution in [0.5, 0.6) is 0 Å². The zero-order chi connectivity index (χ0) is 9.26. The molecule has 1 fully saturated rings. The van der Waals surface area contributed by atoms with Crippen LogP contribution in [0.2, 0.25) is 0 Å². The van der Waals surface area contributed by atoms with Gasteiger partial charge in [0.05, 0.1) is 5.56 Å². The van der Waals surface area contributed by atoms with Gasteiger partial charge in [-0.1, -0.05) is 6.92 Å². The van der Waals surface area contributed by atoms with Gasteiger partial charge in [0.2, 0.25) is 0 Å². The predicted molar refractivity (Wildman–Crippen MR) is 50.3 cm³/mol. The molecule has 0 unspecified atom stereocenters. The highest BCUT2D eigenvalue weighted by Gasteiger charge is 2.25. The molecule has 2 nitrogen and oxygen atoms in total. The molecule has 0 aromatic carbocycles. The molecule has 1 heterocycles. The van der Waals surface area contributed by atoms with E-state index in [2.05, 4.69) is 24.0 Å². The second kappa shape index (κ2) is 3.18. The van der Waals surface area contributed by atoms with Crippen LogP contribution in [-0.4, -0.2) is 4.98 Å². The summed E-state index contributed by atoms with van der Waals surface area (Å²) in [7, 11) is 0. The Balaban J connectivity index is 2.38. The van der Waals surface area contributed by atoms with Crippen LogP contribution in [0.3, 0.4) is 0 Å². The molecular weight excluding hydrogens is 160 g/mol. The number of nitriles is 1. The maximum absolute atomic E-state index is 8.80. The first-order chi connectivity index (χ1) is 6.35. The van der Waals surface area contributed by atoms with Crippen molar-refractivity contribution in [3.05, 3.63) is 29.1 Å². The normalized spacial score (nSPS) is 15.4. The number of nitrogens with zero attached hydrogens (tertiary/aromatic N) is 2. The molecule has 0 radical (unpaired) electrons. The van der Waals surface area contributed by atoms with Gasteiger partial charge < -0.3 is 0 Å². The molecule has 0 N–H and O–H groups in total. The molecule has 2 rings (SSSR count). The molecule has 0 bridgehead atoms. The highest BCUT2D eigenvalue weighted by Crippen LogP contribution is 2.39. The summed E-state index contributed by atoms with van der Waals surface area (Å²) in [5, 5.41) is 8.80. The van der Waals surface area contributed by atoms with Gasteiger partial charge in [0.15, 0.2) is 0 Å². The number of aromatic nitrogens is 1. The molecule has 1 aliphatic rings. The van der Waals surface area contributed by atoms with Crippen molar-refractivity contribution in [2.45, 2.75) is 32.1 Å². The van der Waals surface area contributed by atoms with Gasteiger partial charge in [-0.25, -0.2) is 0 Å². The van der Waals surface area contributed by atoms with E-state index in [-0.39, 0.29) is 0 Å². The van der Waals surface area contributed by atoms with Crippen LogP contribution in [0.1, 0.15) is 42.5 Å². The minimum Gasteiger partial charge on any atom is -0.260 e. The lowest BCUT2D eigenvalue weighted by molar-refractivity contribution is 0.989. The lowest BCUT2D eigenvalue weighted by Gasteiger charge is -2.02. The highest BCUT2D eigenvalue weighted by atomic mass is 14.7. The predicted octanol–water partition coefficient (Wildman–Crippen LogP) is 2.39. The van der Waals surface area contributed by atoms with E-state index in [0.717, 1.165) is 17.5 Å². The SMILES string of the molecule is CCc1cc(C2CC2)ncc1C#N. The minimum atomic E-state index is 0.679. The Kier molecular flexibility index (Phi) is 2.02. The van der Waals surface area contributed by atoms with Crippen molar-refractivity contribution < 1.29 is 0 Å². The molecule has 0 saturated heterocycles. The van der Waals surface area contributed by atoms with E-state index in [4.69, 9.17) is 5.26 Å². The van der Waals surface area contributed by atoms with Gasteiger partial charge in [-0.05, 0) is 30.9 Å². The number of rotatable bonds is 2. The summed E-state index contributed by atoms with van der Waals surface area (Å²) in [6.07, 6.45) is 5.17. The first-order valence-corrected chi connectivity index (χ1v) is 4.74. The van der Waals surface area contributed by atoms with Crippen LogP contribution in [0.4, 0.5) is 0 Å². The average Bonchev–Trinajstić information content (AvgIpc) is 3.00. The van der Waals surface area contributed by atoms with E-state index in [9.17, 15) is 0 Å². The topological polar surface area (TPSA) is 36.7 Å². The molecule has 1 aliphatic carbocycles. The minimum absolute atomic E-state index is 0.679. The third-order valence-corrected chi connectivity index (χ3v) is 2.51. The first-order valence-electron chi connectivity index (χ1n) is 4.74. The molecular formula is C11H12N2. The average molecular weight is 172 g/mol. The Morgan fingerprint density at radius 1 is 1.62 bits per heavy atom. The fourth-order valence-electron chi connectivity index (χ4n) is 1.51. The third-order valence-electron chi connectivity index (χ3n) is 2.51. The van der Waals surface area contributed by atoms with Crippen LogP contribution >= 0.6 is 0 Å². The summed E-state index contributed by atoms with van der Waals surface area (Å²) < 4.78 is 0. The highest BCUT2D eigenvalue weighted by molar-refractivity contribution is 5.37. The first kappa shape index (κ1) is 8.25. The Labute approximate surface area is 78.2 Å². The lowest BCUT2D eigenvalue weighted by Crippen LogP contribution is -1.94. The molecule has 0 aliphatic heterocycles. The van der Waals surface area contributed by atoms with Crippen molar-refractivity contribution in [1.29, 1.82) is 5.26 Å². The summed E-state index contributed by atoms with van der Waals surface area (Å²) in [5.74, 6) is 0.679. The molecule has 2 heteroatoms. The lowest BCUT2D eigenvalue weighted by atomic mass is 10.1. The van der Waals surface area contributed by atoms with Crippen LogP contribution < -0.4 is 0 Å². The summed E-state index contributed by atoms with van der Waals surface area (Å²) in [6, 6.07) is 4.26. The molecule has 0 atom stereocenters. The maximum atomic E-state index is 8.80. The number of hydrogen-bond acceptors (Lipinski definition) is 2. The van der Waals surface area contributed by atoms with E-state index in [1.165, 1.54) is 18.5 Å². The zero-order valence-corrected chi connectivity index (χ0v) is 7.75. The second-order valence-electron chi connectivity index (χ2n) is 3.51. The maximum Gasteiger partial charge on any atom is 0.101 e. The van der Waals surface area contributed by atoms with Crippen LogP contribution in [0, 0.1) is 11.3 Å². The summed E-state index contributed by atoms with van der Waals surface area (Å²) >= 11 is 0. The van der Waals surface area contributed by atoms with Crippen molar-refractivity contribution >= 4 is 0 Å². The van der Waals surface area contributed by atoms with Gasteiger partial charge >= 0.3 is 0 Å². The van der Waals surface area contributed by atoms with Crippen molar-refractivity contribution in [3.63, 3.8) is 0 Å². The van der Waals surface area contributed by atoms with Crippen molar-refractivity contribution in [2.24, 2.45) is 0 Å². The molecule has 0 amide bonds. The van der Waals surface area contributed by atoms with Crippen LogP contribution in [0.15, 0.2) is 12.3 Å². The number of aryl methyl sites for hydroxylation is 1. The van der Waals surface area contributed by atoms with E-state index in [1.807, 2.05) is 0 Å². The number of pyridine rings is 1. The monoisotopic (exact) mass is 172 g/mol. The van der Waals surface area contributed by atoms with E-state index in [0.29, 0.717) is 5.92 Å². The second-order valence-corrected chi connectivity index (χ2v) is 3.51. The Bertz CT molecular complexity index is 359. The van der Waals surface area contributed by atoms with Crippen molar-refractivity contribution in [1.82, 2.24) is 4.98 Å². The molecule has 66 valence electrons. The third kappa shape index (κ3) is 1.55. The fourth-order valence-corrected chi connectivity index (χ4v) is 1.51. The van der Waals surface area contributed by atoms with Crippen molar-refractivity contribution in [3.8, 4) is 6.07 Å². The molecule has 1 aromatic heterocycles.